The third kappa shape index (κ3) is 3.66. The Bertz CT molecular complexity index is 1020. The molecule has 0 radical (unpaired) electrons. The predicted molar refractivity (Wildman–Crippen MR) is 100 cm³/mol. The van der Waals surface area contributed by atoms with Crippen LogP contribution in [0, 0.1) is 20.8 Å². The molecule has 0 saturated heterocycles. The van der Waals surface area contributed by atoms with Crippen LogP contribution in [0.4, 0.5) is 0 Å². The quantitative estimate of drug-likeness (QED) is 0.578. The molecule has 0 spiro atoms. The first-order valence-electron chi connectivity index (χ1n) is 7.79. The number of carbonyl (C=O) groups is 1. The van der Waals surface area contributed by atoms with E-state index in [1.807, 2.05) is 45.0 Å². The minimum absolute atomic E-state index is 0.124. The predicted octanol–water partition coefficient (Wildman–Crippen LogP) is 2.53. The van der Waals surface area contributed by atoms with Gasteiger partial charge in [0, 0.05) is 4.88 Å². The van der Waals surface area contributed by atoms with E-state index in [4.69, 9.17) is 0 Å². The van der Waals surface area contributed by atoms with Crippen molar-refractivity contribution >= 4 is 33.7 Å². The number of amides is 1. The van der Waals surface area contributed by atoms with Crippen LogP contribution in [0.25, 0.3) is 10.2 Å². The summed E-state index contributed by atoms with van der Waals surface area (Å²) in [4.78, 5) is 30.6. The van der Waals surface area contributed by atoms with Crippen LogP contribution in [0.5, 0.6) is 0 Å². The standard InChI is InChI=1S/C18H18N4O2S/c1-11-4-6-14(7-5-11)8-20-21-15(23)9-22-10-19-17-16(18(22)24)12(2)13(3)25-17/h4-8,10H,9H2,1-3H3,(H,21,23). The lowest BCUT2D eigenvalue weighted by Crippen LogP contribution is -2.30. The Morgan fingerprint density at radius 2 is 2.00 bits per heavy atom. The lowest BCUT2D eigenvalue weighted by molar-refractivity contribution is -0.121. The number of thiophene rings is 1. The molecule has 0 saturated carbocycles. The molecule has 1 N–H and O–H groups in total. The second-order valence-electron chi connectivity index (χ2n) is 5.84. The second-order valence-corrected chi connectivity index (χ2v) is 7.05. The molecule has 2 aromatic heterocycles. The van der Waals surface area contributed by atoms with Gasteiger partial charge < -0.3 is 0 Å². The average Bonchev–Trinajstić information content (AvgIpc) is 2.87. The molecule has 0 aliphatic carbocycles. The van der Waals surface area contributed by atoms with Gasteiger partial charge in [0.15, 0.2) is 0 Å². The molecule has 25 heavy (non-hydrogen) atoms. The molecule has 1 aromatic carbocycles. The Balaban J connectivity index is 1.71. The molecule has 128 valence electrons. The van der Waals surface area contributed by atoms with Gasteiger partial charge in [-0.3, -0.25) is 14.2 Å². The highest BCUT2D eigenvalue weighted by molar-refractivity contribution is 7.18. The number of carbonyl (C=O) groups excluding carboxylic acids is 1. The maximum absolute atomic E-state index is 12.5. The van der Waals surface area contributed by atoms with Gasteiger partial charge in [-0.2, -0.15) is 5.10 Å². The Morgan fingerprint density at radius 3 is 2.72 bits per heavy atom. The van der Waals surface area contributed by atoms with Crippen LogP contribution in [-0.2, 0) is 11.3 Å². The molecule has 0 bridgehead atoms. The van der Waals surface area contributed by atoms with Gasteiger partial charge in [0.1, 0.15) is 11.4 Å². The van der Waals surface area contributed by atoms with Gasteiger partial charge in [-0.15, -0.1) is 11.3 Å². The van der Waals surface area contributed by atoms with Gasteiger partial charge in [0.05, 0.1) is 17.9 Å². The molecule has 0 fully saturated rings. The summed E-state index contributed by atoms with van der Waals surface area (Å²) in [5.74, 6) is -0.379. The molecule has 1 amide bonds. The average molecular weight is 354 g/mol. The van der Waals surface area contributed by atoms with E-state index >= 15 is 0 Å². The van der Waals surface area contributed by atoms with Gasteiger partial charge in [-0.25, -0.2) is 10.4 Å². The molecule has 2 heterocycles. The summed E-state index contributed by atoms with van der Waals surface area (Å²) in [5, 5.41) is 4.51. The summed E-state index contributed by atoms with van der Waals surface area (Å²) in [7, 11) is 0. The van der Waals surface area contributed by atoms with Crippen molar-refractivity contribution in [1.29, 1.82) is 0 Å². The van der Waals surface area contributed by atoms with Crippen LogP contribution < -0.4 is 11.0 Å². The van der Waals surface area contributed by atoms with E-state index in [9.17, 15) is 9.59 Å². The zero-order valence-electron chi connectivity index (χ0n) is 14.2. The topological polar surface area (TPSA) is 76.3 Å². The van der Waals surface area contributed by atoms with Gasteiger partial charge in [-0.1, -0.05) is 29.8 Å². The summed E-state index contributed by atoms with van der Waals surface area (Å²) < 4.78 is 1.30. The van der Waals surface area contributed by atoms with Crippen LogP contribution in [0.2, 0.25) is 0 Å². The zero-order chi connectivity index (χ0) is 18.0. The summed E-state index contributed by atoms with van der Waals surface area (Å²) in [6, 6.07) is 7.76. The monoisotopic (exact) mass is 354 g/mol. The van der Waals surface area contributed by atoms with Gasteiger partial charge >= 0.3 is 0 Å². The number of nitrogens with zero attached hydrogens (tertiary/aromatic N) is 3. The van der Waals surface area contributed by atoms with Crippen LogP contribution >= 0.6 is 11.3 Å². The minimum atomic E-state index is -0.379. The van der Waals surface area contributed by atoms with Crippen molar-refractivity contribution in [2.24, 2.45) is 5.10 Å². The summed E-state index contributed by atoms with van der Waals surface area (Å²) >= 11 is 1.48. The highest BCUT2D eigenvalue weighted by Crippen LogP contribution is 2.25. The fourth-order valence-corrected chi connectivity index (χ4v) is 3.39. The van der Waals surface area contributed by atoms with Crippen molar-refractivity contribution in [3.63, 3.8) is 0 Å². The molecule has 3 aromatic rings. The van der Waals surface area contributed by atoms with Crippen molar-refractivity contribution in [3.8, 4) is 0 Å². The van der Waals surface area contributed by atoms with Crippen LogP contribution in [0.1, 0.15) is 21.6 Å². The van der Waals surface area contributed by atoms with E-state index in [2.05, 4.69) is 15.5 Å². The molecule has 7 heteroatoms. The molecule has 3 rings (SSSR count). The molecule has 6 nitrogen and oxygen atoms in total. The Kier molecular flexibility index (Phi) is 4.76. The normalized spacial score (nSPS) is 11.3. The Labute approximate surface area is 148 Å². The number of aryl methyl sites for hydroxylation is 3. The first-order valence-corrected chi connectivity index (χ1v) is 8.61. The summed E-state index contributed by atoms with van der Waals surface area (Å²) in [6.45, 7) is 5.73. The van der Waals surface area contributed by atoms with Gasteiger partial charge in [0.2, 0.25) is 0 Å². The lowest BCUT2D eigenvalue weighted by Gasteiger charge is -2.04. The second kappa shape index (κ2) is 6.98. The van der Waals surface area contributed by atoms with E-state index in [1.54, 1.807) is 6.21 Å². The van der Waals surface area contributed by atoms with Crippen molar-refractivity contribution in [1.82, 2.24) is 15.0 Å². The Hall–Kier alpha value is -2.80. The Morgan fingerprint density at radius 1 is 1.28 bits per heavy atom. The summed E-state index contributed by atoms with van der Waals surface area (Å²) in [6.07, 6.45) is 2.97. The number of aromatic nitrogens is 2. The number of hydrogen-bond donors (Lipinski definition) is 1. The van der Waals surface area contributed by atoms with Crippen molar-refractivity contribution < 1.29 is 4.79 Å². The fourth-order valence-electron chi connectivity index (χ4n) is 2.40. The van der Waals surface area contributed by atoms with E-state index in [0.29, 0.717) is 10.2 Å². The molecule has 0 aliphatic heterocycles. The highest BCUT2D eigenvalue weighted by Gasteiger charge is 2.13. The highest BCUT2D eigenvalue weighted by atomic mass is 32.1. The maximum atomic E-state index is 12.5. The number of nitrogens with one attached hydrogen (secondary N) is 1. The molecular formula is C18H18N4O2S. The fraction of sp³-hybridized carbons (Fsp3) is 0.222. The van der Waals surface area contributed by atoms with Crippen molar-refractivity contribution in [3.05, 3.63) is 62.5 Å². The van der Waals surface area contributed by atoms with Crippen LogP contribution in [0.3, 0.4) is 0 Å². The van der Waals surface area contributed by atoms with Gasteiger partial charge in [-0.05, 0) is 31.9 Å². The van der Waals surface area contributed by atoms with Crippen LogP contribution in [-0.4, -0.2) is 21.7 Å². The molecule has 0 aliphatic rings. The first kappa shape index (κ1) is 17.0. The number of rotatable bonds is 4. The SMILES string of the molecule is Cc1ccc(C=NNC(=O)Cn2cnc3sc(C)c(C)c3c2=O)cc1. The number of benzene rings is 1. The van der Waals surface area contributed by atoms with E-state index in [1.165, 1.54) is 22.2 Å². The number of hydrazone groups is 1. The molecular weight excluding hydrogens is 336 g/mol. The van der Waals surface area contributed by atoms with Gasteiger partial charge in [0.25, 0.3) is 11.5 Å². The largest absolute Gasteiger partial charge is 0.289 e. The number of hydrogen-bond acceptors (Lipinski definition) is 5. The number of fused-ring (bicyclic) bond motifs is 1. The maximum Gasteiger partial charge on any atom is 0.262 e. The first-order chi connectivity index (χ1) is 12.0. The molecule has 0 atom stereocenters. The van der Waals surface area contributed by atoms with E-state index in [0.717, 1.165) is 21.6 Å². The molecule has 0 unspecified atom stereocenters. The third-order valence-corrected chi connectivity index (χ3v) is 5.07. The minimum Gasteiger partial charge on any atom is -0.289 e. The van der Waals surface area contributed by atoms with Crippen molar-refractivity contribution in [2.45, 2.75) is 27.3 Å². The third-order valence-electron chi connectivity index (χ3n) is 3.95. The van der Waals surface area contributed by atoms with E-state index in [-0.39, 0.29) is 18.0 Å². The smallest absolute Gasteiger partial charge is 0.262 e. The van der Waals surface area contributed by atoms with E-state index < -0.39 is 0 Å². The summed E-state index contributed by atoms with van der Waals surface area (Å²) in [5.41, 5.74) is 5.19. The van der Waals surface area contributed by atoms with Crippen LogP contribution in [0.15, 0.2) is 40.5 Å². The van der Waals surface area contributed by atoms with Crippen molar-refractivity contribution in [2.75, 3.05) is 0 Å². The zero-order valence-corrected chi connectivity index (χ0v) is 15.1. The lowest BCUT2D eigenvalue weighted by atomic mass is 10.2.